The molecule has 0 radical (unpaired) electrons. The summed E-state index contributed by atoms with van der Waals surface area (Å²) < 4.78 is 10.4. The van der Waals surface area contributed by atoms with Crippen molar-refractivity contribution >= 4 is 23.0 Å². The van der Waals surface area contributed by atoms with Crippen LogP contribution in [0.4, 0.5) is 17.1 Å². The number of methoxy groups -OCH3 is 2. The normalized spacial score (nSPS) is 10.0. The van der Waals surface area contributed by atoms with Crippen LogP contribution in [0.2, 0.25) is 0 Å². The third-order valence-electron chi connectivity index (χ3n) is 2.96. The van der Waals surface area contributed by atoms with E-state index in [-0.39, 0.29) is 5.91 Å². The number of hydrogen-bond donors (Lipinski definition) is 3. The number of amides is 1. The Hall–Kier alpha value is -2.89. The molecule has 0 saturated carbocycles. The maximum Gasteiger partial charge on any atom is 0.259 e. The number of hydrogen-bond acceptors (Lipinski definition) is 5. The molecule has 0 atom stereocenters. The number of rotatable bonds is 4. The Balaban J connectivity index is 2.33. The van der Waals surface area contributed by atoms with Crippen LogP contribution in [0.1, 0.15) is 10.4 Å². The van der Waals surface area contributed by atoms with Gasteiger partial charge in [0.2, 0.25) is 0 Å². The Morgan fingerprint density at radius 2 is 1.57 bits per heavy atom. The maximum absolute atomic E-state index is 12.3. The fourth-order valence-electron chi connectivity index (χ4n) is 1.93. The van der Waals surface area contributed by atoms with Crippen LogP contribution in [-0.2, 0) is 0 Å². The van der Waals surface area contributed by atoms with Crippen LogP contribution in [0.15, 0.2) is 36.4 Å². The molecule has 0 bridgehead atoms. The molecule has 0 aliphatic heterocycles. The molecule has 0 unspecified atom stereocenters. The van der Waals surface area contributed by atoms with Crippen molar-refractivity contribution in [3.63, 3.8) is 0 Å². The van der Waals surface area contributed by atoms with E-state index in [1.54, 1.807) is 36.4 Å². The molecule has 2 aromatic rings. The number of carbonyl (C=O) groups is 1. The van der Waals surface area contributed by atoms with Crippen molar-refractivity contribution < 1.29 is 14.3 Å². The summed E-state index contributed by atoms with van der Waals surface area (Å²) in [6.07, 6.45) is 0. The number of anilines is 3. The van der Waals surface area contributed by atoms with Crippen LogP contribution in [0.3, 0.4) is 0 Å². The predicted octanol–water partition coefficient (Wildman–Crippen LogP) is 2.12. The smallest absolute Gasteiger partial charge is 0.259 e. The second kappa shape index (κ2) is 6.04. The second-order valence-electron chi connectivity index (χ2n) is 4.34. The molecule has 5 N–H and O–H groups in total. The van der Waals surface area contributed by atoms with Crippen LogP contribution in [0, 0.1) is 0 Å². The first kappa shape index (κ1) is 14.5. The maximum atomic E-state index is 12.3. The molecule has 0 spiro atoms. The Kier molecular flexibility index (Phi) is 4.18. The zero-order chi connectivity index (χ0) is 15.4. The van der Waals surface area contributed by atoms with Gasteiger partial charge in [-0.05, 0) is 36.4 Å². The van der Waals surface area contributed by atoms with Crippen molar-refractivity contribution in [2.45, 2.75) is 0 Å². The first-order chi connectivity index (χ1) is 10.1. The van der Waals surface area contributed by atoms with Gasteiger partial charge in [-0.3, -0.25) is 4.79 Å². The first-order valence-electron chi connectivity index (χ1n) is 6.24. The summed E-state index contributed by atoms with van der Waals surface area (Å²) in [5, 5.41) is 2.76. The lowest BCUT2D eigenvalue weighted by Crippen LogP contribution is -2.14. The largest absolute Gasteiger partial charge is 0.492 e. The van der Waals surface area contributed by atoms with Gasteiger partial charge < -0.3 is 26.3 Å². The van der Waals surface area contributed by atoms with Gasteiger partial charge in [0.25, 0.3) is 5.91 Å². The zero-order valence-corrected chi connectivity index (χ0v) is 11.8. The SMILES string of the molecule is COc1c(N)ccc(C(=O)Nc2ccc(N)cc2)c1OC. The Morgan fingerprint density at radius 3 is 2.14 bits per heavy atom. The van der Waals surface area contributed by atoms with E-state index in [1.807, 2.05) is 0 Å². The predicted molar refractivity (Wildman–Crippen MR) is 82.8 cm³/mol. The van der Waals surface area contributed by atoms with Gasteiger partial charge in [-0.2, -0.15) is 0 Å². The van der Waals surface area contributed by atoms with Crippen molar-refractivity contribution in [1.29, 1.82) is 0 Å². The number of carbonyl (C=O) groups excluding carboxylic acids is 1. The molecule has 0 aliphatic carbocycles. The van der Waals surface area contributed by atoms with Gasteiger partial charge in [-0.1, -0.05) is 0 Å². The quantitative estimate of drug-likeness (QED) is 0.748. The van der Waals surface area contributed by atoms with E-state index in [9.17, 15) is 4.79 Å². The molecular formula is C15H17N3O3. The highest BCUT2D eigenvalue weighted by atomic mass is 16.5. The lowest BCUT2D eigenvalue weighted by atomic mass is 10.1. The Labute approximate surface area is 122 Å². The number of nitrogen functional groups attached to an aromatic ring is 2. The number of nitrogens with one attached hydrogen (secondary N) is 1. The molecule has 2 aromatic carbocycles. The van der Waals surface area contributed by atoms with E-state index in [0.29, 0.717) is 34.1 Å². The molecule has 1 amide bonds. The van der Waals surface area contributed by atoms with Crippen molar-refractivity contribution in [2.24, 2.45) is 0 Å². The van der Waals surface area contributed by atoms with E-state index < -0.39 is 0 Å². The minimum Gasteiger partial charge on any atom is -0.492 e. The summed E-state index contributed by atoms with van der Waals surface area (Å²) in [5.41, 5.74) is 13.4. The molecule has 6 nitrogen and oxygen atoms in total. The topological polar surface area (TPSA) is 99.6 Å². The summed E-state index contributed by atoms with van der Waals surface area (Å²) in [7, 11) is 2.92. The Morgan fingerprint density at radius 1 is 0.952 bits per heavy atom. The average molecular weight is 287 g/mol. The average Bonchev–Trinajstić information content (AvgIpc) is 2.48. The molecule has 0 aromatic heterocycles. The van der Waals surface area contributed by atoms with E-state index in [1.165, 1.54) is 14.2 Å². The number of ether oxygens (including phenoxy) is 2. The van der Waals surface area contributed by atoms with Crippen LogP contribution in [-0.4, -0.2) is 20.1 Å². The third-order valence-corrected chi connectivity index (χ3v) is 2.96. The van der Waals surface area contributed by atoms with Gasteiger partial charge in [-0.25, -0.2) is 0 Å². The number of nitrogens with two attached hydrogens (primary N) is 2. The fourth-order valence-corrected chi connectivity index (χ4v) is 1.93. The first-order valence-corrected chi connectivity index (χ1v) is 6.24. The van der Waals surface area contributed by atoms with Crippen LogP contribution in [0.25, 0.3) is 0 Å². The van der Waals surface area contributed by atoms with Gasteiger partial charge in [0.1, 0.15) is 0 Å². The lowest BCUT2D eigenvalue weighted by Gasteiger charge is -2.14. The van der Waals surface area contributed by atoms with Crippen molar-refractivity contribution in [3.05, 3.63) is 42.0 Å². The van der Waals surface area contributed by atoms with E-state index in [0.717, 1.165) is 0 Å². The van der Waals surface area contributed by atoms with Crippen molar-refractivity contribution in [3.8, 4) is 11.5 Å². The van der Waals surface area contributed by atoms with Crippen LogP contribution in [0.5, 0.6) is 11.5 Å². The molecule has 0 heterocycles. The Bertz CT molecular complexity index is 654. The molecule has 0 fully saturated rings. The molecule has 0 saturated heterocycles. The van der Waals surface area contributed by atoms with Gasteiger partial charge in [0.05, 0.1) is 25.5 Å². The molecule has 0 aliphatic rings. The van der Waals surface area contributed by atoms with Gasteiger partial charge in [0, 0.05) is 11.4 Å². The number of benzene rings is 2. The van der Waals surface area contributed by atoms with Gasteiger partial charge in [0.15, 0.2) is 11.5 Å². The summed E-state index contributed by atoms with van der Waals surface area (Å²) in [6, 6.07) is 10.0. The molecular weight excluding hydrogens is 270 g/mol. The minimum atomic E-state index is -0.324. The van der Waals surface area contributed by atoms with Gasteiger partial charge in [-0.15, -0.1) is 0 Å². The summed E-state index contributed by atoms with van der Waals surface area (Å²) >= 11 is 0. The molecule has 6 heteroatoms. The minimum absolute atomic E-state index is 0.297. The summed E-state index contributed by atoms with van der Waals surface area (Å²) in [6.45, 7) is 0. The van der Waals surface area contributed by atoms with E-state index >= 15 is 0 Å². The standard InChI is InChI=1S/C15H17N3O3/c1-20-13-11(7-8-12(17)14(13)21-2)15(19)18-10-5-3-9(16)4-6-10/h3-8H,16-17H2,1-2H3,(H,18,19). The molecule has 2 rings (SSSR count). The van der Waals surface area contributed by atoms with Gasteiger partial charge >= 0.3 is 0 Å². The fraction of sp³-hybridized carbons (Fsp3) is 0.133. The highest BCUT2D eigenvalue weighted by molar-refractivity contribution is 6.07. The third kappa shape index (κ3) is 3.00. The second-order valence-corrected chi connectivity index (χ2v) is 4.34. The highest BCUT2D eigenvalue weighted by Crippen LogP contribution is 2.36. The highest BCUT2D eigenvalue weighted by Gasteiger charge is 2.19. The van der Waals surface area contributed by atoms with Crippen molar-refractivity contribution in [2.75, 3.05) is 31.0 Å². The molecule has 21 heavy (non-hydrogen) atoms. The summed E-state index contributed by atoms with van der Waals surface area (Å²) in [5.74, 6) is 0.308. The van der Waals surface area contributed by atoms with Crippen molar-refractivity contribution in [1.82, 2.24) is 0 Å². The zero-order valence-electron chi connectivity index (χ0n) is 11.8. The van der Waals surface area contributed by atoms with E-state index in [4.69, 9.17) is 20.9 Å². The molecule has 110 valence electrons. The van der Waals surface area contributed by atoms with E-state index in [2.05, 4.69) is 5.32 Å². The summed E-state index contributed by atoms with van der Waals surface area (Å²) in [4.78, 5) is 12.3. The van der Waals surface area contributed by atoms with Crippen LogP contribution < -0.4 is 26.3 Å². The monoisotopic (exact) mass is 287 g/mol. The lowest BCUT2D eigenvalue weighted by molar-refractivity contribution is 0.102. The van der Waals surface area contributed by atoms with Crippen LogP contribution >= 0.6 is 0 Å².